The molecule has 0 bridgehead atoms. The summed E-state index contributed by atoms with van der Waals surface area (Å²) in [5.41, 5.74) is 1.16. The van der Waals surface area contributed by atoms with Crippen molar-refractivity contribution in [1.82, 2.24) is 25.4 Å². The van der Waals surface area contributed by atoms with Gasteiger partial charge in [0.15, 0.2) is 5.16 Å². The Kier molecular flexibility index (Phi) is 5.92. The molecule has 0 aliphatic heterocycles. The number of urea groups is 1. The van der Waals surface area contributed by atoms with E-state index < -0.39 is 11.3 Å². The number of carbonyl (C=O) groups is 2. The van der Waals surface area contributed by atoms with Crippen LogP contribution in [0.4, 0.5) is 4.79 Å². The fraction of sp³-hybridized carbons (Fsp3) is 0.444. The van der Waals surface area contributed by atoms with Crippen LogP contribution in [0.5, 0.6) is 0 Å². The number of thioether (sulfide) groups is 1. The lowest BCUT2D eigenvalue weighted by Crippen LogP contribution is -2.42. The van der Waals surface area contributed by atoms with E-state index in [4.69, 9.17) is 0 Å². The number of hydrogen-bond donors (Lipinski definition) is 2. The number of hydrogen-bond acceptors (Lipinski definition) is 5. The fourth-order valence-corrected chi connectivity index (χ4v) is 3.43. The van der Waals surface area contributed by atoms with Gasteiger partial charge < -0.3 is 9.88 Å². The summed E-state index contributed by atoms with van der Waals surface area (Å²) in [7, 11) is 0. The SMILES string of the molecule is CCNC(=O)NC(=O)[C@@H](C)Sc1nnc(C2CC2)n1Cc1ccccc1. The molecule has 1 aliphatic rings. The minimum atomic E-state index is -0.477. The van der Waals surface area contributed by atoms with E-state index in [9.17, 15) is 9.59 Å². The highest BCUT2D eigenvalue weighted by molar-refractivity contribution is 8.00. The lowest BCUT2D eigenvalue weighted by molar-refractivity contribution is -0.119. The molecule has 0 radical (unpaired) electrons. The van der Waals surface area contributed by atoms with E-state index in [1.54, 1.807) is 13.8 Å². The summed E-state index contributed by atoms with van der Waals surface area (Å²) in [5, 5.41) is 13.8. The Morgan fingerprint density at radius 3 is 2.65 bits per heavy atom. The summed E-state index contributed by atoms with van der Waals surface area (Å²) >= 11 is 1.32. The lowest BCUT2D eigenvalue weighted by atomic mass is 10.2. The van der Waals surface area contributed by atoms with Crippen molar-refractivity contribution in [1.29, 1.82) is 0 Å². The first-order valence-corrected chi connectivity index (χ1v) is 9.68. The Hall–Kier alpha value is -2.35. The second-order valence-corrected chi connectivity index (χ2v) is 7.60. The third-order valence-corrected chi connectivity index (χ3v) is 5.18. The molecule has 138 valence electrons. The van der Waals surface area contributed by atoms with Crippen molar-refractivity contribution in [2.45, 2.75) is 49.6 Å². The Morgan fingerprint density at radius 2 is 2.00 bits per heavy atom. The number of imide groups is 1. The normalized spacial score (nSPS) is 14.7. The van der Waals surface area contributed by atoms with Crippen LogP contribution in [0.1, 0.15) is 44.0 Å². The highest BCUT2D eigenvalue weighted by Crippen LogP contribution is 2.40. The molecule has 3 amide bonds. The summed E-state index contributed by atoms with van der Waals surface area (Å²) in [6.45, 7) is 4.70. The van der Waals surface area contributed by atoms with Crippen LogP contribution in [0.3, 0.4) is 0 Å². The number of nitrogens with zero attached hydrogens (tertiary/aromatic N) is 3. The molecule has 0 saturated heterocycles. The Balaban J connectivity index is 1.73. The molecule has 1 aliphatic carbocycles. The van der Waals surface area contributed by atoms with Crippen LogP contribution in [0.25, 0.3) is 0 Å². The molecule has 1 atom stereocenters. The molecule has 7 nitrogen and oxygen atoms in total. The van der Waals surface area contributed by atoms with Crippen molar-refractivity contribution in [3.05, 3.63) is 41.7 Å². The van der Waals surface area contributed by atoms with Crippen LogP contribution in [0.15, 0.2) is 35.5 Å². The first kappa shape index (κ1) is 18.4. The van der Waals surface area contributed by atoms with E-state index in [2.05, 4.69) is 37.5 Å². The first-order chi connectivity index (χ1) is 12.6. The van der Waals surface area contributed by atoms with Gasteiger partial charge in [-0.2, -0.15) is 0 Å². The molecule has 3 rings (SSSR count). The predicted molar refractivity (Wildman–Crippen MR) is 100 cm³/mol. The van der Waals surface area contributed by atoms with Crippen molar-refractivity contribution >= 4 is 23.7 Å². The Bertz CT molecular complexity index is 773. The van der Waals surface area contributed by atoms with Crippen molar-refractivity contribution < 1.29 is 9.59 Å². The van der Waals surface area contributed by atoms with Crippen molar-refractivity contribution in [3.63, 3.8) is 0 Å². The molecule has 1 saturated carbocycles. The maximum atomic E-state index is 12.2. The second-order valence-electron chi connectivity index (χ2n) is 6.30. The average molecular weight is 373 g/mol. The number of nitrogens with one attached hydrogen (secondary N) is 2. The van der Waals surface area contributed by atoms with Crippen LogP contribution in [-0.2, 0) is 11.3 Å². The largest absolute Gasteiger partial charge is 0.338 e. The summed E-state index contributed by atoms with van der Waals surface area (Å²) in [6, 6.07) is 9.65. The Morgan fingerprint density at radius 1 is 1.27 bits per heavy atom. The van der Waals surface area contributed by atoms with E-state index in [0.717, 1.165) is 24.2 Å². The molecule has 26 heavy (non-hydrogen) atoms. The summed E-state index contributed by atoms with van der Waals surface area (Å²) in [5.74, 6) is 1.09. The second kappa shape index (κ2) is 8.35. The number of benzene rings is 1. The van der Waals surface area contributed by atoms with Crippen LogP contribution in [0.2, 0.25) is 0 Å². The van der Waals surface area contributed by atoms with Crippen molar-refractivity contribution in [2.75, 3.05) is 6.54 Å². The third kappa shape index (κ3) is 4.63. The highest BCUT2D eigenvalue weighted by atomic mass is 32.2. The number of amides is 3. The highest BCUT2D eigenvalue weighted by Gasteiger charge is 2.31. The summed E-state index contributed by atoms with van der Waals surface area (Å²) in [4.78, 5) is 23.7. The molecule has 2 N–H and O–H groups in total. The minimum absolute atomic E-state index is 0.344. The molecule has 0 spiro atoms. The molecule has 2 aromatic rings. The predicted octanol–water partition coefficient (Wildman–Crippen LogP) is 2.53. The number of carbonyl (C=O) groups excluding carboxylic acids is 2. The van der Waals surface area contributed by atoms with Gasteiger partial charge in [0.05, 0.1) is 11.8 Å². The maximum Gasteiger partial charge on any atom is 0.321 e. The van der Waals surface area contributed by atoms with Crippen LogP contribution in [-0.4, -0.2) is 38.5 Å². The van der Waals surface area contributed by atoms with Crippen molar-refractivity contribution in [2.24, 2.45) is 0 Å². The molecular formula is C18H23N5O2S. The van der Waals surface area contributed by atoms with E-state index >= 15 is 0 Å². The van der Waals surface area contributed by atoms with Crippen LogP contribution in [0, 0.1) is 0 Å². The quantitative estimate of drug-likeness (QED) is 0.728. The summed E-state index contributed by atoms with van der Waals surface area (Å²) < 4.78 is 2.09. The van der Waals surface area contributed by atoms with Gasteiger partial charge in [0.1, 0.15) is 5.82 Å². The topological polar surface area (TPSA) is 88.9 Å². The monoisotopic (exact) mass is 373 g/mol. The van der Waals surface area contributed by atoms with E-state index in [1.165, 1.54) is 11.8 Å². The Labute approximate surface area is 157 Å². The van der Waals surface area contributed by atoms with E-state index in [-0.39, 0.29) is 5.91 Å². The zero-order valence-electron chi connectivity index (χ0n) is 14.9. The zero-order chi connectivity index (χ0) is 18.5. The standard InChI is InChI=1S/C18H23N5O2S/c1-3-19-17(25)20-16(24)12(2)26-18-22-21-15(14-9-10-14)23(18)11-13-7-5-4-6-8-13/h4-8,12,14H,3,9-11H2,1-2H3,(H2,19,20,24,25)/t12-/m1/s1. The van der Waals surface area contributed by atoms with Crippen LogP contribution < -0.4 is 10.6 Å². The van der Waals surface area contributed by atoms with Gasteiger partial charge in [-0.1, -0.05) is 42.1 Å². The van der Waals surface area contributed by atoms with Gasteiger partial charge in [-0.05, 0) is 32.3 Å². The molecule has 0 unspecified atom stereocenters. The van der Waals surface area contributed by atoms with Gasteiger partial charge in [0.2, 0.25) is 5.91 Å². The fourth-order valence-electron chi connectivity index (χ4n) is 2.58. The smallest absolute Gasteiger partial charge is 0.321 e. The third-order valence-electron chi connectivity index (χ3n) is 4.10. The van der Waals surface area contributed by atoms with Gasteiger partial charge in [0.25, 0.3) is 0 Å². The van der Waals surface area contributed by atoms with Gasteiger partial charge >= 0.3 is 6.03 Å². The number of aromatic nitrogens is 3. The minimum Gasteiger partial charge on any atom is -0.338 e. The molecule has 1 aromatic carbocycles. The zero-order valence-corrected chi connectivity index (χ0v) is 15.8. The van der Waals surface area contributed by atoms with Gasteiger partial charge in [0, 0.05) is 12.5 Å². The van der Waals surface area contributed by atoms with Crippen LogP contribution >= 0.6 is 11.8 Å². The summed E-state index contributed by atoms with van der Waals surface area (Å²) in [6.07, 6.45) is 2.26. The van der Waals surface area contributed by atoms with E-state index in [0.29, 0.717) is 24.2 Å². The van der Waals surface area contributed by atoms with Gasteiger partial charge in [-0.25, -0.2) is 4.79 Å². The lowest BCUT2D eigenvalue weighted by Gasteiger charge is -2.13. The van der Waals surface area contributed by atoms with Crippen molar-refractivity contribution in [3.8, 4) is 0 Å². The molecule has 1 aromatic heterocycles. The number of rotatable bonds is 7. The van der Waals surface area contributed by atoms with Gasteiger partial charge in [-0.15, -0.1) is 10.2 Å². The first-order valence-electron chi connectivity index (χ1n) is 8.80. The van der Waals surface area contributed by atoms with Gasteiger partial charge in [-0.3, -0.25) is 10.1 Å². The molecule has 1 heterocycles. The average Bonchev–Trinajstić information content (AvgIpc) is 3.40. The molecule has 1 fully saturated rings. The molecular weight excluding hydrogens is 350 g/mol. The van der Waals surface area contributed by atoms with E-state index in [1.807, 2.05) is 18.2 Å². The molecule has 8 heteroatoms. The maximum absolute atomic E-state index is 12.2.